The van der Waals surface area contributed by atoms with Crippen molar-refractivity contribution in [1.82, 2.24) is 0 Å². The van der Waals surface area contributed by atoms with E-state index in [0.29, 0.717) is 25.4 Å². The highest BCUT2D eigenvalue weighted by Crippen LogP contribution is 2.72. The molecule has 1 heterocycles. The second-order valence-corrected chi connectivity index (χ2v) is 6.47. The molecule has 3 atom stereocenters. The lowest BCUT2D eigenvalue weighted by Gasteiger charge is -2.19. The third kappa shape index (κ3) is 2.09. The second-order valence-electron chi connectivity index (χ2n) is 6.47. The molecule has 124 valence electrons. The quantitative estimate of drug-likeness (QED) is 0.929. The van der Waals surface area contributed by atoms with E-state index in [4.69, 9.17) is 9.47 Å². The molecule has 0 radical (unpaired) electrons. The maximum absolute atomic E-state index is 12.1. The van der Waals surface area contributed by atoms with Gasteiger partial charge in [-0.3, -0.25) is 4.79 Å². The molecule has 4 nitrogen and oxygen atoms in total. The Hall–Kier alpha value is -2.49. The van der Waals surface area contributed by atoms with Crippen molar-refractivity contribution >= 4 is 5.97 Å². The smallest absolute Gasteiger partial charge is 0.310 e. The first-order valence-electron chi connectivity index (χ1n) is 8.36. The Morgan fingerprint density at radius 3 is 2.38 bits per heavy atom. The van der Waals surface area contributed by atoms with E-state index in [2.05, 4.69) is 0 Å². The number of fused-ring (bicyclic) bond motifs is 1. The predicted molar refractivity (Wildman–Crippen MR) is 89.7 cm³/mol. The minimum absolute atomic E-state index is 0.0104. The lowest BCUT2D eigenvalue weighted by Crippen LogP contribution is -2.18. The van der Waals surface area contributed by atoms with Crippen LogP contribution in [-0.2, 0) is 4.79 Å². The van der Waals surface area contributed by atoms with Crippen LogP contribution in [0.5, 0.6) is 11.5 Å². The number of benzene rings is 2. The van der Waals surface area contributed by atoms with Crippen LogP contribution in [0, 0.1) is 5.41 Å². The zero-order valence-electron chi connectivity index (χ0n) is 13.6. The molecule has 1 fully saturated rings. The summed E-state index contributed by atoms with van der Waals surface area (Å²) in [5.41, 5.74) is 1.35. The maximum atomic E-state index is 12.1. The number of aliphatic carboxylic acids is 1. The molecule has 1 aliphatic heterocycles. The third-order valence-corrected chi connectivity index (χ3v) is 5.40. The number of ether oxygens (including phenoxy) is 2. The van der Waals surface area contributed by atoms with Gasteiger partial charge < -0.3 is 14.6 Å². The standard InChI is InChI=1S/C20H20O4/c1-2-20(19(21)22)17(13-6-4-3-5-7-13)18(20)14-8-9-15-16(12-14)24-11-10-23-15/h3-9,12,17-18H,2,10-11H2,1H3,(H,21,22)/t17-,18-,20+/m0/s1. The second kappa shape index (κ2) is 5.55. The normalized spacial score (nSPS) is 27.5. The van der Waals surface area contributed by atoms with E-state index in [1.165, 1.54) is 0 Å². The molecule has 24 heavy (non-hydrogen) atoms. The van der Waals surface area contributed by atoms with E-state index < -0.39 is 11.4 Å². The van der Waals surface area contributed by atoms with Gasteiger partial charge in [0.05, 0.1) is 5.41 Å². The van der Waals surface area contributed by atoms with Gasteiger partial charge in [0.2, 0.25) is 0 Å². The van der Waals surface area contributed by atoms with E-state index in [-0.39, 0.29) is 11.8 Å². The first-order chi connectivity index (χ1) is 11.7. The number of hydrogen-bond acceptors (Lipinski definition) is 3. The van der Waals surface area contributed by atoms with Crippen LogP contribution >= 0.6 is 0 Å². The largest absolute Gasteiger partial charge is 0.486 e. The van der Waals surface area contributed by atoms with Crippen molar-refractivity contribution in [2.75, 3.05) is 13.2 Å². The molecule has 0 amide bonds. The van der Waals surface area contributed by atoms with Crippen molar-refractivity contribution in [3.05, 3.63) is 59.7 Å². The summed E-state index contributed by atoms with van der Waals surface area (Å²) in [6.07, 6.45) is 0.598. The van der Waals surface area contributed by atoms with E-state index in [1.807, 2.05) is 55.5 Å². The Morgan fingerprint density at radius 2 is 1.71 bits per heavy atom. The first kappa shape index (κ1) is 15.1. The number of hydrogen-bond donors (Lipinski definition) is 1. The lowest BCUT2D eigenvalue weighted by atomic mass is 9.94. The van der Waals surface area contributed by atoms with Gasteiger partial charge >= 0.3 is 5.97 Å². The molecule has 0 bridgehead atoms. The van der Waals surface area contributed by atoms with Crippen molar-refractivity contribution in [3.8, 4) is 11.5 Å². The highest BCUT2D eigenvalue weighted by molar-refractivity contribution is 5.84. The van der Waals surface area contributed by atoms with Gasteiger partial charge in [-0.25, -0.2) is 0 Å². The molecule has 2 aromatic carbocycles. The van der Waals surface area contributed by atoms with Gasteiger partial charge in [-0.2, -0.15) is 0 Å². The van der Waals surface area contributed by atoms with E-state index in [0.717, 1.165) is 16.9 Å². The van der Waals surface area contributed by atoms with Gasteiger partial charge in [0.25, 0.3) is 0 Å². The number of carbonyl (C=O) groups is 1. The zero-order valence-corrected chi connectivity index (χ0v) is 13.6. The molecule has 4 rings (SSSR count). The van der Waals surface area contributed by atoms with Crippen LogP contribution in [0.4, 0.5) is 0 Å². The SMILES string of the molecule is CC[C@@]1(C(=O)O)[C@@H](c2ccccc2)[C@@H]1c1ccc2c(c1)OCCO2. The van der Waals surface area contributed by atoms with Gasteiger partial charge in [0, 0.05) is 11.8 Å². The van der Waals surface area contributed by atoms with Crippen LogP contribution in [0.2, 0.25) is 0 Å². The van der Waals surface area contributed by atoms with Crippen molar-refractivity contribution in [3.63, 3.8) is 0 Å². The van der Waals surface area contributed by atoms with Crippen molar-refractivity contribution < 1.29 is 19.4 Å². The minimum atomic E-state index is -0.745. The summed E-state index contributed by atoms with van der Waals surface area (Å²) in [6, 6.07) is 15.8. The van der Waals surface area contributed by atoms with E-state index in [1.54, 1.807) is 0 Å². The number of carboxylic acids is 1. The van der Waals surface area contributed by atoms with Crippen LogP contribution in [0.25, 0.3) is 0 Å². The van der Waals surface area contributed by atoms with Gasteiger partial charge in [0.15, 0.2) is 11.5 Å². The topological polar surface area (TPSA) is 55.8 Å². The molecule has 0 spiro atoms. The molecular weight excluding hydrogens is 304 g/mol. The zero-order chi connectivity index (χ0) is 16.7. The Kier molecular flexibility index (Phi) is 3.48. The monoisotopic (exact) mass is 324 g/mol. The lowest BCUT2D eigenvalue weighted by molar-refractivity contribution is -0.143. The van der Waals surface area contributed by atoms with Gasteiger partial charge in [-0.1, -0.05) is 43.3 Å². The van der Waals surface area contributed by atoms with Crippen LogP contribution in [0.15, 0.2) is 48.5 Å². The summed E-state index contributed by atoms with van der Waals surface area (Å²) in [5, 5.41) is 9.95. The molecule has 4 heteroatoms. The maximum Gasteiger partial charge on any atom is 0.310 e. The van der Waals surface area contributed by atoms with Gasteiger partial charge in [0.1, 0.15) is 13.2 Å². The highest BCUT2D eigenvalue weighted by Gasteiger charge is 2.69. The van der Waals surface area contributed by atoms with Crippen molar-refractivity contribution in [2.24, 2.45) is 5.41 Å². The predicted octanol–water partition coefficient (Wildman–Crippen LogP) is 3.82. The molecule has 2 aliphatic rings. The Bertz CT molecular complexity index is 770. The molecular formula is C20H20O4. The fourth-order valence-electron chi connectivity index (χ4n) is 4.19. The van der Waals surface area contributed by atoms with Crippen LogP contribution in [-0.4, -0.2) is 24.3 Å². The van der Waals surface area contributed by atoms with Crippen LogP contribution in [0.1, 0.15) is 36.3 Å². The summed E-state index contributed by atoms with van der Waals surface area (Å²) in [4.78, 5) is 12.1. The average Bonchev–Trinajstić information content (AvgIpc) is 3.32. The fourth-order valence-corrected chi connectivity index (χ4v) is 4.19. The average molecular weight is 324 g/mol. The highest BCUT2D eigenvalue weighted by atomic mass is 16.6. The van der Waals surface area contributed by atoms with Crippen molar-refractivity contribution in [1.29, 1.82) is 0 Å². The molecule has 0 unspecified atom stereocenters. The van der Waals surface area contributed by atoms with Gasteiger partial charge in [-0.05, 0) is 29.7 Å². The summed E-state index contributed by atoms with van der Waals surface area (Å²) < 4.78 is 11.2. The van der Waals surface area contributed by atoms with Crippen LogP contribution < -0.4 is 9.47 Å². The molecule has 0 aromatic heterocycles. The number of rotatable bonds is 4. The van der Waals surface area contributed by atoms with E-state index >= 15 is 0 Å². The van der Waals surface area contributed by atoms with Gasteiger partial charge in [-0.15, -0.1) is 0 Å². The van der Waals surface area contributed by atoms with Crippen LogP contribution in [0.3, 0.4) is 0 Å². The third-order valence-electron chi connectivity index (χ3n) is 5.40. The molecule has 2 aromatic rings. The minimum Gasteiger partial charge on any atom is -0.486 e. The molecule has 1 aliphatic carbocycles. The Balaban J connectivity index is 1.76. The summed E-state index contributed by atoms with van der Waals surface area (Å²) in [5.74, 6) is 0.674. The summed E-state index contributed by atoms with van der Waals surface area (Å²) in [7, 11) is 0. The Morgan fingerprint density at radius 1 is 1.04 bits per heavy atom. The first-order valence-corrected chi connectivity index (χ1v) is 8.36. The number of carboxylic acid groups (broad SMARTS) is 1. The van der Waals surface area contributed by atoms with Crippen molar-refractivity contribution in [2.45, 2.75) is 25.2 Å². The van der Waals surface area contributed by atoms with E-state index in [9.17, 15) is 9.90 Å². The fraction of sp³-hybridized carbons (Fsp3) is 0.350. The molecule has 1 N–H and O–H groups in total. The molecule has 0 saturated heterocycles. The summed E-state index contributed by atoms with van der Waals surface area (Å²) >= 11 is 0. The molecule has 1 saturated carbocycles. The summed E-state index contributed by atoms with van der Waals surface area (Å²) in [6.45, 7) is 3.04. The Labute approximate surface area is 141 Å².